The molecule has 2 atom stereocenters. The molecule has 3 nitrogen and oxygen atoms in total. The van der Waals surface area contributed by atoms with Gasteiger partial charge in [0.2, 0.25) is 5.91 Å². The molecule has 1 fully saturated rings. The summed E-state index contributed by atoms with van der Waals surface area (Å²) in [5.41, 5.74) is 0. The van der Waals surface area contributed by atoms with E-state index in [-0.39, 0.29) is 18.0 Å². The highest BCUT2D eigenvalue weighted by molar-refractivity contribution is 5.82. The van der Waals surface area contributed by atoms with Crippen LogP contribution in [0.2, 0.25) is 0 Å². The first-order valence-corrected chi connectivity index (χ1v) is 5.75. The largest absolute Gasteiger partial charge is 0.351 e. The Labute approximate surface area is 92.0 Å². The molecule has 15 heavy (non-hydrogen) atoms. The van der Waals surface area contributed by atoms with E-state index in [1.165, 1.54) is 6.42 Å². The third-order valence-electron chi connectivity index (χ3n) is 2.83. The van der Waals surface area contributed by atoms with Gasteiger partial charge in [-0.25, -0.2) is 0 Å². The van der Waals surface area contributed by atoms with Gasteiger partial charge in [0.1, 0.15) is 0 Å². The normalized spacial score (nSPS) is 22.8. The lowest BCUT2D eigenvalue weighted by Crippen LogP contribution is -2.49. The smallest absolute Gasteiger partial charge is 0.237 e. The molecule has 2 unspecified atom stereocenters. The lowest BCUT2D eigenvalue weighted by Gasteiger charge is -2.24. The molecule has 0 bridgehead atoms. The third-order valence-corrected chi connectivity index (χ3v) is 2.83. The summed E-state index contributed by atoms with van der Waals surface area (Å²) in [4.78, 5) is 11.8. The van der Waals surface area contributed by atoms with Crippen molar-refractivity contribution >= 4 is 5.91 Å². The molecule has 0 spiro atoms. The maximum Gasteiger partial charge on any atom is 0.237 e. The number of carbonyl (C=O) groups excluding carboxylic acids is 1. The molecular formula is C12H20N2O. The van der Waals surface area contributed by atoms with Gasteiger partial charge in [-0.05, 0) is 25.8 Å². The van der Waals surface area contributed by atoms with Gasteiger partial charge < -0.3 is 10.6 Å². The first kappa shape index (κ1) is 12.1. The third kappa shape index (κ3) is 3.93. The van der Waals surface area contributed by atoms with Gasteiger partial charge in [0.05, 0.1) is 6.04 Å². The summed E-state index contributed by atoms with van der Waals surface area (Å²) in [5.74, 6) is 2.70. The van der Waals surface area contributed by atoms with Crippen LogP contribution in [0.3, 0.4) is 0 Å². The molecular weight excluding hydrogens is 188 g/mol. The van der Waals surface area contributed by atoms with Crippen LogP contribution in [-0.4, -0.2) is 24.5 Å². The maximum atomic E-state index is 11.8. The highest BCUT2D eigenvalue weighted by Gasteiger charge is 2.21. The maximum absolute atomic E-state index is 11.8. The van der Waals surface area contributed by atoms with E-state index in [4.69, 9.17) is 6.42 Å². The molecule has 3 heteroatoms. The van der Waals surface area contributed by atoms with Crippen molar-refractivity contribution in [1.29, 1.82) is 0 Å². The van der Waals surface area contributed by atoms with Crippen molar-refractivity contribution in [3.8, 4) is 12.3 Å². The number of terminal acetylenes is 1. The molecule has 0 aromatic rings. The average Bonchev–Trinajstić information content (AvgIpc) is 2.29. The number of piperidine rings is 1. The summed E-state index contributed by atoms with van der Waals surface area (Å²) < 4.78 is 0. The molecule has 0 aromatic heterocycles. The van der Waals surface area contributed by atoms with Crippen molar-refractivity contribution in [2.24, 2.45) is 0 Å². The second-order valence-electron chi connectivity index (χ2n) is 4.02. The van der Waals surface area contributed by atoms with Crippen LogP contribution < -0.4 is 10.6 Å². The number of nitrogens with one attached hydrogen (secondary N) is 2. The lowest BCUT2D eigenvalue weighted by molar-refractivity contribution is -0.124. The van der Waals surface area contributed by atoms with Gasteiger partial charge in [0, 0.05) is 12.5 Å². The summed E-state index contributed by atoms with van der Waals surface area (Å²) in [6.07, 6.45) is 10.0. The minimum Gasteiger partial charge on any atom is -0.351 e. The average molecular weight is 208 g/mol. The summed E-state index contributed by atoms with van der Waals surface area (Å²) in [5, 5.41) is 6.22. The zero-order valence-corrected chi connectivity index (χ0v) is 9.38. The van der Waals surface area contributed by atoms with E-state index in [2.05, 4.69) is 16.6 Å². The van der Waals surface area contributed by atoms with Crippen LogP contribution in [0.1, 0.15) is 39.0 Å². The Morgan fingerprint density at radius 2 is 2.47 bits per heavy atom. The fourth-order valence-electron chi connectivity index (χ4n) is 1.82. The molecule has 0 aliphatic carbocycles. The molecule has 1 rings (SSSR count). The van der Waals surface area contributed by atoms with Crippen molar-refractivity contribution in [3.05, 3.63) is 0 Å². The van der Waals surface area contributed by atoms with Gasteiger partial charge in [-0.2, -0.15) is 0 Å². The highest BCUT2D eigenvalue weighted by atomic mass is 16.2. The summed E-state index contributed by atoms with van der Waals surface area (Å²) >= 11 is 0. The zero-order valence-electron chi connectivity index (χ0n) is 9.38. The minimum absolute atomic E-state index is 0.00873. The van der Waals surface area contributed by atoms with Crippen LogP contribution in [0, 0.1) is 12.3 Å². The number of hydrogen-bond acceptors (Lipinski definition) is 2. The zero-order chi connectivity index (χ0) is 11.1. The van der Waals surface area contributed by atoms with Gasteiger partial charge in [-0.1, -0.05) is 13.3 Å². The van der Waals surface area contributed by atoms with Gasteiger partial charge in [0.25, 0.3) is 0 Å². The van der Waals surface area contributed by atoms with Crippen LogP contribution in [-0.2, 0) is 4.79 Å². The quantitative estimate of drug-likeness (QED) is 0.678. The van der Waals surface area contributed by atoms with Crippen LogP contribution in [0.15, 0.2) is 0 Å². The number of hydrogen-bond donors (Lipinski definition) is 2. The van der Waals surface area contributed by atoms with E-state index in [9.17, 15) is 4.79 Å². The van der Waals surface area contributed by atoms with Crippen molar-refractivity contribution in [2.75, 3.05) is 6.54 Å². The predicted octanol–water partition coefficient (Wildman–Crippen LogP) is 1.05. The molecule has 1 aliphatic heterocycles. The van der Waals surface area contributed by atoms with Crippen LogP contribution in [0.5, 0.6) is 0 Å². The summed E-state index contributed by atoms with van der Waals surface area (Å²) in [6, 6.07) is 0.122. The Balaban J connectivity index is 2.35. The number of carbonyl (C=O) groups is 1. The van der Waals surface area contributed by atoms with E-state index in [1.54, 1.807) is 0 Å². The SMILES string of the molecule is C#CCC(CC)NC(=O)C1CCCCN1. The van der Waals surface area contributed by atoms with E-state index < -0.39 is 0 Å². The van der Waals surface area contributed by atoms with Crippen LogP contribution in [0.4, 0.5) is 0 Å². The first-order chi connectivity index (χ1) is 7.27. The monoisotopic (exact) mass is 208 g/mol. The molecule has 1 aliphatic rings. The standard InChI is InChI=1S/C12H20N2O/c1-3-7-10(4-2)14-12(15)11-8-5-6-9-13-11/h1,10-11,13H,4-9H2,2H3,(H,14,15). The van der Waals surface area contributed by atoms with E-state index in [0.717, 1.165) is 25.8 Å². The van der Waals surface area contributed by atoms with Gasteiger partial charge in [0.15, 0.2) is 0 Å². The number of amides is 1. The summed E-state index contributed by atoms with van der Waals surface area (Å²) in [6.45, 7) is 2.99. The molecule has 0 aromatic carbocycles. The second kappa shape index (κ2) is 6.47. The minimum atomic E-state index is -0.00873. The Morgan fingerprint density at radius 1 is 1.67 bits per heavy atom. The Morgan fingerprint density at radius 3 is 3.00 bits per heavy atom. The Kier molecular flexibility index (Phi) is 5.20. The first-order valence-electron chi connectivity index (χ1n) is 5.75. The van der Waals surface area contributed by atoms with E-state index in [1.807, 2.05) is 6.92 Å². The van der Waals surface area contributed by atoms with Crippen LogP contribution >= 0.6 is 0 Å². The fourth-order valence-corrected chi connectivity index (χ4v) is 1.82. The topological polar surface area (TPSA) is 41.1 Å². The predicted molar refractivity (Wildman–Crippen MR) is 61.3 cm³/mol. The molecule has 2 N–H and O–H groups in total. The van der Waals surface area contributed by atoms with Crippen molar-refractivity contribution < 1.29 is 4.79 Å². The van der Waals surface area contributed by atoms with Crippen molar-refractivity contribution in [3.63, 3.8) is 0 Å². The summed E-state index contributed by atoms with van der Waals surface area (Å²) in [7, 11) is 0. The Hall–Kier alpha value is -1.01. The molecule has 0 saturated carbocycles. The molecule has 1 amide bonds. The molecule has 0 radical (unpaired) electrons. The van der Waals surface area contributed by atoms with Crippen molar-refractivity contribution in [1.82, 2.24) is 10.6 Å². The number of rotatable bonds is 4. The van der Waals surface area contributed by atoms with Gasteiger partial charge >= 0.3 is 0 Å². The fraction of sp³-hybridized carbons (Fsp3) is 0.750. The van der Waals surface area contributed by atoms with Crippen molar-refractivity contribution in [2.45, 2.75) is 51.1 Å². The van der Waals surface area contributed by atoms with Crippen LogP contribution in [0.25, 0.3) is 0 Å². The molecule has 1 heterocycles. The van der Waals surface area contributed by atoms with E-state index in [0.29, 0.717) is 6.42 Å². The van der Waals surface area contributed by atoms with E-state index >= 15 is 0 Å². The highest BCUT2D eigenvalue weighted by Crippen LogP contribution is 2.07. The second-order valence-corrected chi connectivity index (χ2v) is 4.02. The van der Waals surface area contributed by atoms with Gasteiger partial charge in [-0.15, -0.1) is 12.3 Å². The van der Waals surface area contributed by atoms with Gasteiger partial charge in [-0.3, -0.25) is 4.79 Å². The molecule has 84 valence electrons. The Bertz CT molecular complexity index is 238. The molecule has 1 saturated heterocycles. The lowest BCUT2D eigenvalue weighted by atomic mass is 10.0.